The zero-order valence-corrected chi connectivity index (χ0v) is 12.5. The lowest BCUT2D eigenvalue weighted by atomic mass is 9.94. The number of nitriles is 1. The maximum atomic E-state index is 12.3. The first-order chi connectivity index (χ1) is 11.2. The van der Waals surface area contributed by atoms with E-state index in [4.69, 9.17) is 0 Å². The van der Waals surface area contributed by atoms with Crippen LogP contribution in [0, 0.1) is 11.3 Å². The number of pyridine rings is 2. The van der Waals surface area contributed by atoms with Crippen LogP contribution >= 0.6 is 0 Å². The molecule has 0 saturated heterocycles. The standard InChI is InChI=1S/C19H15N3O/c20-12-19(5-6-19)16-3-1-2-13(9-16)8-14-10-15-11-21-7-4-17(15)22-18(14)23/h1-4,7,9-11H,5-6,8H2,(H,22,23). The van der Waals surface area contributed by atoms with E-state index in [-0.39, 0.29) is 11.0 Å². The van der Waals surface area contributed by atoms with E-state index in [1.807, 2.05) is 24.3 Å². The number of fused-ring (bicyclic) bond motifs is 1. The van der Waals surface area contributed by atoms with Crippen LogP contribution in [-0.4, -0.2) is 9.97 Å². The van der Waals surface area contributed by atoms with Crippen LogP contribution in [-0.2, 0) is 11.8 Å². The van der Waals surface area contributed by atoms with E-state index in [0.717, 1.165) is 34.9 Å². The Kier molecular flexibility index (Phi) is 3.02. The molecule has 1 aliphatic rings. The molecule has 23 heavy (non-hydrogen) atoms. The summed E-state index contributed by atoms with van der Waals surface area (Å²) >= 11 is 0. The second-order valence-electron chi connectivity index (χ2n) is 6.16. The number of hydrogen-bond acceptors (Lipinski definition) is 3. The van der Waals surface area contributed by atoms with Crippen molar-refractivity contribution in [2.75, 3.05) is 0 Å². The molecule has 0 unspecified atom stereocenters. The molecule has 1 aromatic carbocycles. The molecule has 1 N–H and O–H groups in total. The first-order valence-electron chi connectivity index (χ1n) is 7.67. The average molecular weight is 301 g/mol. The third kappa shape index (κ3) is 2.40. The van der Waals surface area contributed by atoms with Crippen LogP contribution in [0.5, 0.6) is 0 Å². The van der Waals surface area contributed by atoms with Gasteiger partial charge < -0.3 is 4.98 Å². The summed E-state index contributed by atoms with van der Waals surface area (Å²) in [5.41, 5.74) is 3.26. The normalized spacial score (nSPS) is 15.3. The zero-order chi connectivity index (χ0) is 15.9. The summed E-state index contributed by atoms with van der Waals surface area (Å²) in [6, 6.07) is 14.2. The Bertz CT molecular complexity index is 993. The van der Waals surface area contributed by atoms with Gasteiger partial charge in [0.05, 0.1) is 17.0 Å². The summed E-state index contributed by atoms with van der Waals surface area (Å²) in [7, 11) is 0. The van der Waals surface area contributed by atoms with Crippen LogP contribution in [0.4, 0.5) is 0 Å². The van der Waals surface area contributed by atoms with Gasteiger partial charge in [-0.15, -0.1) is 0 Å². The molecule has 0 bridgehead atoms. The van der Waals surface area contributed by atoms with Gasteiger partial charge in [-0.2, -0.15) is 5.26 Å². The molecular weight excluding hydrogens is 286 g/mol. The third-order valence-electron chi connectivity index (χ3n) is 4.56. The van der Waals surface area contributed by atoms with Gasteiger partial charge in [0.2, 0.25) is 0 Å². The molecule has 4 heteroatoms. The molecule has 1 fully saturated rings. The summed E-state index contributed by atoms with van der Waals surface area (Å²) in [6.07, 6.45) is 5.82. The van der Waals surface area contributed by atoms with Gasteiger partial charge in [-0.05, 0) is 36.1 Å². The van der Waals surface area contributed by atoms with Gasteiger partial charge in [0.25, 0.3) is 5.56 Å². The van der Waals surface area contributed by atoms with Crippen molar-refractivity contribution in [1.82, 2.24) is 9.97 Å². The quantitative estimate of drug-likeness (QED) is 0.808. The van der Waals surface area contributed by atoms with Gasteiger partial charge in [0, 0.05) is 29.8 Å². The van der Waals surface area contributed by atoms with Gasteiger partial charge in [-0.1, -0.05) is 24.3 Å². The van der Waals surface area contributed by atoms with Crippen LogP contribution in [0.2, 0.25) is 0 Å². The summed E-state index contributed by atoms with van der Waals surface area (Å²) in [5, 5.41) is 10.3. The maximum Gasteiger partial charge on any atom is 0.251 e. The van der Waals surface area contributed by atoms with Crippen molar-refractivity contribution in [2.45, 2.75) is 24.7 Å². The highest BCUT2D eigenvalue weighted by molar-refractivity contribution is 5.77. The van der Waals surface area contributed by atoms with Gasteiger partial charge >= 0.3 is 0 Å². The SMILES string of the molecule is N#CC1(c2cccc(Cc3cc4cnccc4[nH]c3=O)c2)CC1. The second-order valence-corrected chi connectivity index (χ2v) is 6.16. The van der Waals surface area contributed by atoms with Gasteiger partial charge in [-0.25, -0.2) is 0 Å². The fourth-order valence-corrected chi connectivity index (χ4v) is 3.01. The lowest BCUT2D eigenvalue weighted by molar-refractivity contribution is 0.903. The van der Waals surface area contributed by atoms with Gasteiger partial charge in [0.1, 0.15) is 0 Å². The van der Waals surface area contributed by atoms with Crippen molar-refractivity contribution in [3.05, 3.63) is 75.8 Å². The largest absolute Gasteiger partial charge is 0.322 e. The molecule has 2 aromatic heterocycles. The van der Waals surface area contributed by atoms with E-state index in [1.54, 1.807) is 18.5 Å². The number of rotatable bonds is 3. The predicted octanol–water partition coefficient (Wildman–Crippen LogP) is 3.07. The highest BCUT2D eigenvalue weighted by atomic mass is 16.1. The van der Waals surface area contributed by atoms with E-state index < -0.39 is 0 Å². The third-order valence-corrected chi connectivity index (χ3v) is 4.56. The highest BCUT2D eigenvalue weighted by Crippen LogP contribution is 2.47. The fraction of sp³-hybridized carbons (Fsp3) is 0.211. The van der Waals surface area contributed by atoms with Gasteiger partial charge in [-0.3, -0.25) is 9.78 Å². The molecule has 4 nitrogen and oxygen atoms in total. The number of hydrogen-bond donors (Lipinski definition) is 1. The topological polar surface area (TPSA) is 69.5 Å². The Morgan fingerprint density at radius 1 is 1.26 bits per heavy atom. The van der Waals surface area contributed by atoms with Crippen molar-refractivity contribution in [1.29, 1.82) is 5.26 Å². The predicted molar refractivity (Wildman–Crippen MR) is 88.1 cm³/mol. The number of aromatic nitrogens is 2. The van der Waals surface area contributed by atoms with Gasteiger partial charge in [0.15, 0.2) is 0 Å². The molecule has 1 saturated carbocycles. The molecule has 4 rings (SSSR count). The molecule has 3 aromatic rings. The number of benzene rings is 1. The van der Waals surface area contributed by atoms with E-state index in [9.17, 15) is 10.1 Å². The summed E-state index contributed by atoms with van der Waals surface area (Å²) in [5.74, 6) is 0. The molecular formula is C19H15N3O. The van der Waals surface area contributed by atoms with E-state index >= 15 is 0 Å². The Morgan fingerprint density at radius 2 is 2.13 bits per heavy atom. The average Bonchev–Trinajstić information content (AvgIpc) is 3.37. The molecule has 1 aliphatic carbocycles. The lowest BCUT2D eigenvalue weighted by Gasteiger charge is -2.09. The van der Waals surface area contributed by atoms with Crippen LogP contribution in [0.25, 0.3) is 10.9 Å². The number of H-pyrrole nitrogens is 1. The Labute approximate surface area is 133 Å². The summed E-state index contributed by atoms with van der Waals surface area (Å²) in [4.78, 5) is 19.3. The smallest absolute Gasteiger partial charge is 0.251 e. The van der Waals surface area contributed by atoms with Crippen molar-refractivity contribution < 1.29 is 0 Å². The molecule has 0 amide bonds. The minimum Gasteiger partial charge on any atom is -0.322 e. The zero-order valence-electron chi connectivity index (χ0n) is 12.5. The Hall–Kier alpha value is -2.93. The van der Waals surface area contributed by atoms with Crippen molar-refractivity contribution in [3.8, 4) is 6.07 Å². The lowest BCUT2D eigenvalue weighted by Crippen LogP contribution is -2.13. The van der Waals surface area contributed by atoms with E-state index in [2.05, 4.69) is 22.1 Å². The monoisotopic (exact) mass is 301 g/mol. The number of nitrogens with zero attached hydrogens (tertiary/aromatic N) is 2. The second kappa shape index (κ2) is 5.06. The Morgan fingerprint density at radius 3 is 2.91 bits per heavy atom. The maximum absolute atomic E-state index is 12.3. The van der Waals surface area contributed by atoms with Crippen molar-refractivity contribution in [2.24, 2.45) is 0 Å². The molecule has 0 aliphatic heterocycles. The molecule has 112 valence electrons. The molecule has 0 atom stereocenters. The van der Waals surface area contributed by atoms with Crippen LogP contribution in [0.1, 0.15) is 29.5 Å². The molecule has 2 heterocycles. The fourth-order valence-electron chi connectivity index (χ4n) is 3.01. The van der Waals surface area contributed by atoms with Crippen molar-refractivity contribution >= 4 is 10.9 Å². The minimum absolute atomic E-state index is 0.0736. The van der Waals surface area contributed by atoms with E-state index in [1.165, 1.54) is 0 Å². The number of nitrogens with one attached hydrogen (secondary N) is 1. The summed E-state index contributed by atoms with van der Waals surface area (Å²) in [6.45, 7) is 0. The van der Waals surface area contributed by atoms with E-state index in [0.29, 0.717) is 12.0 Å². The summed E-state index contributed by atoms with van der Waals surface area (Å²) < 4.78 is 0. The van der Waals surface area contributed by atoms with Crippen LogP contribution in [0.15, 0.2) is 53.6 Å². The van der Waals surface area contributed by atoms with Crippen LogP contribution < -0.4 is 5.56 Å². The molecule has 0 spiro atoms. The highest BCUT2D eigenvalue weighted by Gasteiger charge is 2.44. The first-order valence-corrected chi connectivity index (χ1v) is 7.67. The van der Waals surface area contributed by atoms with Crippen molar-refractivity contribution in [3.63, 3.8) is 0 Å². The minimum atomic E-state index is -0.296. The first kappa shape index (κ1) is 13.7. The molecule has 0 radical (unpaired) electrons. The number of aromatic amines is 1. The van der Waals surface area contributed by atoms with Crippen LogP contribution in [0.3, 0.4) is 0 Å². The Balaban J connectivity index is 1.71.